The van der Waals surface area contributed by atoms with Crippen LogP contribution in [0.4, 0.5) is 0 Å². The van der Waals surface area contributed by atoms with E-state index in [0.717, 1.165) is 28.1 Å². The second kappa shape index (κ2) is 4.10. The molecule has 0 radical (unpaired) electrons. The number of benzene rings is 1. The van der Waals surface area contributed by atoms with Crippen molar-refractivity contribution in [3.8, 4) is 5.69 Å². The van der Waals surface area contributed by atoms with Gasteiger partial charge >= 0.3 is 0 Å². The number of aryl methyl sites for hydroxylation is 2. The lowest BCUT2D eigenvalue weighted by atomic mass is 10.2. The number of halogens is 1. The van der Waals surface area contributed by atoms with Gasteiger partial charge in [0.25, 0.3) is 0 Å². The van der Waals surface area contributed by atoms with Gasteiger partial charge in [-0.05, 0) is 43.7 Å². The molecule has 0 aliphatic rings. The Balaban J connectivity index is 2.30. The first-order valence-electron chi connectivity index (χ1n) is 5.72. The van der Waals surface area contributed by atoms with Crippen LogP contribution in [-0.2, 0) is 0 Å². The molecule has 3 nitrogen and oxygen atoms in total. The van der Waals surface area contributed by atoms with Crippen LogP contribution in [0.3, 0.4) is 0 Å². The van der Waals surface area contributed by atoms with Crippen molar-refractivity contribution in [2.75, 3.05) is 0 Å². The van der Waals surface area contributed by atoms with Crippen molar-refractivity contribution in [3.05, 3.63) is 52.9 Å². The van der Waals surface area contributed by atoms with Gasteiger partial charge in [0.1, 0.15) is 11.8 Å². The lowest BCUT2D eigenvalue weighted by Gasteiger charge is -2.05. The SMILES string of the molecule is Cc1cc(C)c2ncn(-c3cccc(Cl)c3)c2n1. The Kier molecular flexibility index (Phi) is 2.56. The summed E-state index contributed by atoms with van der Waals surface area (Å²) >= 11 is 6.02. The Morgan fingerprint density at radius 3 is 2.78 bits per heavy atom. The number of aromatic nitrogens is 3. The van der Waals surface area contributed by atoms with E-state index in [1.165, 1.54) is 0 Å². The Bertz CT molecular complexity index is 731. The highest BCUT2D eigenvalue weighted by Gasteiger charge is 2.09. The molecule has 90 valence electrons. The first-order valence-corrected chi connectivity index (χ1v) is 6.10. The molecule has 0 amide bonds. The van der Waals surface area contributed by atoms with Crippen LogP contribution in [-0.4, -0.2) is 14.5 Å². The molecule has 0 spiro atoms. The molecule has 0 unspecified atom stereocenters. The molecule has 0 saturated carbocycles. The number of fused-ring (bicyclic) bond motifs is 1. The predicted octanol–water partition coefficient (Wildman–Crippen LogP) is 3.69. The smallest absolute Gasteiger partial charge is 0.164 e. The summed E-state index contributed by atoms with van der Waals surface area (Å²) in [7, 11) is 0. The summed E-state index contributed by atoms with van der Waals surface area (Å²) in [5, 5.41) is 0.707. The molecule has 1 aromatic carbocycles. The summed E-state index contributed by atoms with van der Waals surface area (Å²) < 4.78 is 1.96. The molecule has 2 aromatic heterocycles. The highest BCUT2D eigenvalue weighted by Crippen LogP contribution is 2.21. The van der Waals surface area contributed by atoms with Gasteiger partial charge in [-0.15, -0.1) is 0 Å². The summed E-state index contributed by atoms with van der Waals surface area (Å²) in [5.41, 5.74) is 4.90. The second-order valence-corrected chi connectivity index (χ2v) is 4.78. The Morgan fingerprint density at radius 2 is 2.00 bits per heavy atom. The van der Waals surface area contributed by atoms with E-state index in [1.54, 1.807) is 6.33 Å². The minimum absolute atomic E-state index is 0.707. The van der Waals surface area contributed by atoms with E-state index >= 15 is 0 Å². The van der Waals surface area contributed by atoms with Crippen molar-refractivity contribution < 1.29 is 0 Å². The third-order valence-electron chi connectivity index (χ3n) is 2.91. The standard InChI is InChI=1S/C14H12ClN3/c1-9-6-10(2)17-14-13(9)16-8-18(14)12-5-3-4-11(15)7-12/h3-8H,1-2H3. The Labute approximate surface area is 110 Å². The Morgan fingerprint density at radius 1 is 1.17 bits per heavy atom. The molecule has 0 aliphatic heterocycles. The normalized spacial score (nSPS) is 11.1. The number of hydrogen-bond acceptors (Lipinski definition) is 2. The minimum Gasteiger partial charge on any atom is -0.283 e. The molecule has 18 heavy (non-hydrogen) atoms. The quantitative estimate of drug-likeness (QED) is 0.666. The molecule has 0 bridgehead atoms. The molecule has 0 aliphatic carbocycles. The maximum atomic E-state index is 6.02. The zero-order valence-electron chi connectivity index (χ0n) is 10.2. The lowest BCUT2D eigenvalue weighted by Crippen LogP contribution is -1.95. The van der Waals surface area contributed by atoms with Crippen LogP contribution < -0.4 is 0 Å². The van der Waals surface area contributed by atoms with Gasteiger partial charge < -0.3 is 0 Å². The molecule has 4 heteroatoms. The van der Waals surface area contributed by atoms with E-state index in [9.17, 15) is 0 Å². The Hall–Kier alpha value is -1.87. The van der Waals surface area contributed by atoms with Crippen molar-refractivity contribution in [3.63, 3.8) is 0 Å². The van der Waals surface area contributed by atoms with E-state index in [0.29, 0.717) is 5.02 Å². The van der Waals surface area contributed by atoms with Crippen molar-refractivity contribution in [1.29, 1.82) is 0 Å². The van der Waals surface area contributed by atoms with E-state index in [4.69, 9.17) is 11.6 Å². The number of hydrogen-bond donors (Lipinski definition) is 0. The van der Waals surface area contributed by atoms with Gasteiger partial charge in [0.05, 0.1) is 5.69 Å². The molecular weight excluding hydrogens is 246 g/mol. The fraction of sp³-hybridized carbons (Fsp3) is 0.143. The summed E-state index contributed by atoms with van der Waals surface area (Å²) in [6.45, 7) is 4.04. The highest BCUT2D eigenvalue weighted by molar-refractivity contribution is 6.30. The average molecular weight is 258 g/mol. The van der Waals surface area contributed by atoms with Crippen molar-refractivity contribution in [2.45, 2.75) is 13.8 Å². The van der Waals surface area contributed by atoms with Gasteiger partial charge in [0, 0.05) is 10.7 Å². The number of imidazole rings is 1. The molecule has 3 aromatic rings. The molecule has 0 N–H and O–H groups in total. The van der Waals surface area contributed by atoms with Gasteiger partial charge in [-0.25, -0.2) is 9.97 Å². The first-order chi connectivity index (χ1) is 8.65. The van der Waals surface area contributed by atoms with Crippen LogP contribution in [0.2, 0.25) is 5.02 Å². The minimum atomic E-state index is 0.707. The van der Waals surface area contributed by atoms with Crippen LogP contribution in [0.1, 0.15) is 11.3 Å². The zero-order chi connectivity index (χ0) is 12.7. The first kappa shape index (κ1) is 11.2. The highest BCUT2D eigenvalue weighted by atomic mass is 35.5. The van der Waals surface area contributed by atoms with Crippen LogP contribution in [0.5, 0.6) is 0 Å². The monoisotopic (exact) mass is 257 g/mol. The maximum Gasteiger partial charge on any atom is 0.164 e. The van der Waals surface area contributed by atoms with E-state index in [-0.39, 0.29) is 0 Å². The van der Waals surface area contributed by atoms with Gasteiger partial charge in [-0.2, -0.15) is 0 Å². The molecule has 0 atom stereocenters. The molecular formula is C14H12ClN3. The predicted molar refractivity (Wildman–Crippen MR) is 73.3 cm³/mol. The summed E-state index contributed by atoms with van der Waals surface area (Å²) in [5.74, 6) is 0. The number of pyridine rings is 1. The van der Waals surface area contributed by atoms with Crippen molar-refractivity contribution in [1.82, 2.24) is 14.5 Å². The van der Waals surface area contributed by atoms with Gasteiger partial charge in [0.2, 0.25) is 0 Å². The summed E-state index contributed by atoms with van der Waals surface area (Å²) in [6.07, 6.45) is 1.79. The fourth-order valence-corrected chi connectivity index (χ4v) is 2.31. The third kappa shape index (κ3) is 1.77. The zero-order valence-corrected chi connectivity index (χ0v) is 10.9. The van der Waals surface area contributed by atoms with Crippen LogP contribution in [0.25, 0.3) is 16.9 Å². The van der Waals surface area contributed by atoms with Gasteiger partial charge in [-0.3, -0.25) is 4.57 Å². The molecule has 2 heterocycles. The second-order valence-electron chi connectivity index (χ2n) is 4.35. The fourth-order valence-electron chi connectivity index (χ4n) is 2.12. The van der Waals surface area contributed by atoms with E-state index in [1.807, 2.05) is 48.7 Å². The van der Waals surface area contributed by atoms with Crippen LogP contribution >= 0.6 is 11.6 Å². The third-order valence-corrected chi connectivity index (χ3v) is 3.14. The molecule has 0 fully saturated rings. The number of nitrogens with zero attached hydrogens (tertiary/aromatic N) is 3. The molecule has 0 saturated heterocycles. The van der Waals surface area contributed by atoms with Crippen LogP contribution in [0, 0.1) is 13.8 Å². The van der Waals surface area contributed by atoms with E-state index in [2.05, 4.69) is 9.97 Å². The average Bonchev–Trinajstić information content (AvgIpc) is 2.72. The van der Waals surface area contributed by atoms with Crippen molar-refractivity contribution in [2.24, 2.45) is 0 Å². The van der Waals surface area contributed by atoms with Crippen LogP contribution in [0.15, 0.2) is 36.7 Å². The van der Waals surface area contributed by atoms with E-state index < -0.39 is 0 Å². The largest absolute Gasteiger partial charge is 0.283 e. The molecule has 3 rings (SSSR count). The summed E-state index contributed by atoms with van der Waals surface area (Å²) in [4.78, 5) is 8.98. The summed E-state index contributed by atoms with van der Waals surface area (Å²) in [6, 6.07) is 9.71. The maximum absolute atomic E-state index is 6.02. The van der Waals surface area contributed by atoms with Gasteiger partial charge in [0.15, 0.2) is 5.65 Å². The number of rotatable bonds is 1. The lowest BCUT2D eigenvalue weighted by molar-refractivity contribution is 1.06. The van der Waals surface area contributed by atoms with Crippen molar-refractivity contribution >= 4 is 22.8 Å². The van der Waals surface area contributed by atoms with Gasteiger partial charge in [-0.1, -0.05) is 17.7 Å². The topological polar surface area (TPSA) is 30.7 Å².